The average molecular weight is 490 g/mol. The molecular weight excluding hydrogens is 471 g/mol. The van der Waals surface area contributed by atoms with Crippen molar-refractivity contribution in [3.63, 3.8) is 0 Å². The third-order valence-electron chi connectivity index (χ3n) is 7.71. The van der Waals surface area contributed by atoms with Crippen LogP contribution in [0.25, 0.3) is 0 Å². The van der Waals surface area contributed by atoms with Crippen molar-refractivity contribution in [1.82, 2.24) is 4.90 Å². The molecule has 4 heterocycles. The predicted octanol–water partition coefficient (Wildman–Crippen LogP) is 4.10. The molecule has 4 atom stereocenters. The lowest BCUT2D eigenvalue weighted by Gasteiger charge is -2.37. The van der Waals surface area contributed by atoms with Crippen LogP contribution in [0.4, 0.5) is 24.5 Å². The van der Waals surface area contributed by atoms with Crippen molar-refractivity contribution in [2.75, 3.05) is 16.8 Å². The van der Waals surface area contributed by atoms with Gasteiger partial charge in [0, 0.05) is 22.3 Å². The maximum atomic E-state index is 13.9. The van der Waals surface area contributed by atoms with Crippen LogP contribution in [0, 0.1) is 18.8 Å². The second-order valence-corrected chi connectivity index (χ2v) is 9.74. The molecule has 10 heteroatoms. The Hall–Kier alpha value is -2.91. The van der Waals surface area contributed by atoms with Crippen molar-refractivity contribution in [3.8, 4) is 0 Å². The Labute approximate surface area is 197 Å². The van der Waals surface area contributed by atoms with Crippen LogP contribution < -0.4 is 10.2 Å². The minimum absolute atomic E-state index is 0.377. The standard InChI is InChI=1S/C24H19ClF3N3O3/c1-11-9-12(25)10-14-19(11)29-22(34)23(14)18-17(16-7-4-8-30(16)23)20(32)31(21(18)33)15-6-3-2-5-13(15)24(26,27)28/h2-3,5-6,9-10,16-18H,4,7-8H2,1H3,(H,29,34)/t16-,17+,18-,23-/m0/s1. The minimum atomic E-state index is -4.76. The fourth-order valence-electron chi connectivity index (χ4n) is 6.58. The summed E-state index contributed by atoms with van der Waals surface area (Å²) in [6.07, 6.45) is -3.48. The number of hydrogen-bond acceptors (Lipinski definition) is 4. The number of hydrogen-bond donors (Lipinski definition) is 1. The van der Waals surface area contributed by atoms with E-state index >= 15 is 0 Å². The molecule has 3 fully saturated rings. The number of rotatable bonds is 1. The smallest absolute Gasteiger partial charge is 0.324 e. The number of carbonyl (C=O) groups excluding carboxylic acids is 3. The number of anilines is 2. The van der Waals surface area contributed by atoms with E-state index in [0.29, 0.717) is 46.1 Å². The van der Waals surface area contributed by atoms with Crippen LogP contribution in [-0.4, -0.2) is 35.2 Å². The van der Waals surface area contributed by atoms with E-state index < -0.39 is 58.6 Å². The third kappa shape index (κ3) is 2.49. The van der Waals surface area contributed by atoms with Gasteiger partial charge in [0.15, 0.2) is 0 Å². The highest BCUT2D eigenvalue weighted by Crippen LogP contribution is 2.61. The van der Waals surface area contributed by atoms with Gasteiger partial charge >= 0.3 is 6.18 Å². The van der Waals surface area contributed by atoms with Gasteiger partial charge in [-0.25, -0.2) is 4.90 Å². The van der Waals surface area contributed by atoms with E-state index in [1.165, 1.54) is 12.1 Å². The van der Waals surface area contributed by atoms with Gasteiger partial charge in [-0.05, 0) is 56.1 Å². The molecule has 0 unspecified atom stereocenters. The van der Waals surface area contributed by atoms with Gasteiger partial charge in [0.05, 0.1) is 23.1 Å². The van der Waals surface area contributed by atoms with Gasteiger partial charge < -0.3 is 5.32 Å². The summed E-state index contributed by atoms with van der Waals surface area (Å²) in [6.45, 7) is 2.28. The topological polar surface area (TPSA) is 69.7 Å². The van der Waals surface area contributed by atoms with Gasteiger partial charge in [-0.2, -0.15) is 13.2 Å². The Morgan fingerprint density at radius 2 is 1.85 bits per heavy atom. The zero-order chi connectivity index (χ0) is 24.2. The summed E-state index contributed by atoms with van der Waals surface area (Å²) >= 11 is 6.34. The molecule has 2 aromatic rings. The molecule has 34 heavy (non-hydrogen) atoms. The number of carbonyl (C=O) groups is 3. The van der Waals surface area contributed by atoms with Crippen molar-refractivity contribution in [1.29, 1.82) is 0 Å². The summed E-state index contributed by atoms with van der Waals surface area (Å²) in [5, 5.41) is 3.25. The van der Waals surface area contributed by atoms with Crippen LogP contribution in [0.15, 0.2) is 36.4 Å². The Morgan fingerprint density at radius 3 is 2.59 bits per heavy atom. The maximum Gasteiger partial charge on any atom is 0.418 e. The Morgan fingerprint density at radius 1 is 1.12 bits per heavy atom. The lowest BCUT2D eigenvalue weighted by atomic mass is 9.75. The second-order valence-electron chi connectivity index (χ2n) is 9.30. The van der Waals surface area contributed by atoms with E-state index in [9.17, 15) is 27.6 Å². The Kier molecular flexibility index (Phi) is 4.34. The van der Waals surface area contributed by atoms with E-state index in [1.807, 2.05) is 4.90 Å². The molecule has 1 spiro atoms. The molecule has 0 bridgehead atoms. The molecule has 0 radical (unpaired) electrons. The highest BCUT2D eigenvalue weighted by molar-refractivity contribution is 6.31. The van der Waals surface area contributed by atoms with E-state index in [1.54, 1.807) is 19.1 Å². The Balaban J connectivity index is 1.58. The fourth-order valence-corrected chi connectivity index (χ4v) is 6.85. The molecule has 4 aliphatic heterocycles. The minimum Gasteiger partial charge on any atom is -0.324 e. The van der Waals surface area contributed by atoms with Crippen LogP contribution in [0.5, 0.6) is 0 Å². The summed E-state index contributed by atoms with van der Waals surface area (Å²) in [5.41, 5.74) is -1.30. The molecule has 0 aliphatic carbocycles. The van der Waals surface area contributed by atoms with E-state index in [4.69, 9.17) is 11.6 Å². The van der Waals surface area contributed by atoms with Crippen LogP contribution in [0.3, 0.4) is 0 Å². The van der Waals surface area contributed by atoms with Crippen LogP contribution >= 0.6 is 11.6 Å². The first-order chi connectivity index (χ1) is 16.1. The van der Waals surface area contributed by atoms with Crippen molar-refractivity contribution in [2.24, 2.45) is 11.8 Å². The summed E-state index contributed by atoms with van der Waals surface area (Å²) in [6, 6.07) is 7.44. The van der Waals surface area contributed by atoms with E-state index in [0.717, 1.165) is 12.1 Å². The van der Waals surface area contributed by atoms with Crippen molar-refractivity contribution in [3.05, 3.63) is 58.1 Å². The monoisotopic (exact) mass is 489 g/mol. The molecule has 6 nitrogen and oxygen atoms in total. The van der Waals surface area contributed by atoms with E-state index in [2.05, 4.69) is 5.32 Å². The zero-order valence-electron chi connectivity index (χ0n) is 17.9. The van der Waals surface area contributed by atoms with Gasteiger partial charge in [-0.3, -0.25) is 19.3 Å². The second kappa shape index (κ2) is 6.82. The largest absolute Gasteiger partial charge is 0.418 e. The molecule has 0 aromatic heterocycles. The first-order valence-corrected chi connectivity index (χ1v) is 11.4. The fraction of sp³-hybridized carbons (Fsp3) is 0.375. The predicted molar refractivity (Wildman–Crippen MR) is 117 cm³/mol. The highest BCUT2D eigenvalue weighted by atomic mass is 35.5. The summed E-state index contributed by atoms with van der Waals surface area (Å²) in [5.74, 6) is -4.00. The molecule has 0 saturated carbocycles. The highest BCUT2D eigenvalue weighted by Gasteiger charge is 2.75. The van der Waals surface area contributed by atoms with Crippen LogP contribution in [0.2, 0.25) is 5.02 Å². The number of benzene rings is 2. The van der Waals surface area contributed by atoms with Gasteiger partial charge in [-0.1, -0.05) is 23.7 Å². The number of imide groups is 1. The number of alkyl halides is 3. The average Bonchev–Trinajstić information content (AvgIpc) is 3.46. The molecule has 4 aliphatic rings. The molecule has 1 N–H and O–H groups in total. The molecular formula is C24H19ClF3N3O3. The molecule has 2 aromatic carbocycles. The number of amides is 3. The summed E-state index contributed by atoms with van der Waals surface area (Å²) < 4.78 is 41.3. The number of aryl methyl sites for hydroxylation is 1. The number of nitrogens with one attached hydrogen (secondary N) is 1. The normalized spacial score (nSPS) is 30.2. The summed E-state index contributed by atoms with van der Waals surface area (Å²) in [4.78, 5) is 43.8. The first kappa shape index (κ1) is 21.6. The number of fused-ring (bicyclic) bond motifs is 7. The van der Waals surface area contributed by atoms with Gasteiger partial charge in [0.2, 0.25) is 17.7 Å². The maximum absolute atomic E-state index is 13.9. The first-order valence-electron chi connectivity index (χ1n) is 11.0. The lowest BCUT2D eigenvalue weighted by Crippen LogP contribution is -2.54. The van der Waals surface area contributed by atoms with Crippen LogP contribution in [-0.2, 0) is 26.1 Å². The Bertz CT molecular complexity index is 1300. The molecule has 3 saturated heterocycles. The molecule has 3 amide bonds. The van der Waals surface area contributed by atoms with Gasteiger partial charge in [-0.15, -0.1) is 0 Å². The van der Waals surface area contributed by atoms with E-state index in [-0.39, 0.29) is 0 Å². The van der Waals surface area contributed by atoms with Crippen LogP contribution in [0.1, 0.15) is 29.5 Å². The molecule has 176 valence electrons. The zero-order valence-corrected chi connectivity index (χ0v) is 18.7. The van der Waals surface area contributed by atoms with Gasteiger partial charge in [0.1, 0.15) is 5.54 Å². The lowest BCUT2D eigenvalue weighted by molar-refractivity contribution is -0.138. The summed E-state index contributed by atoms with van der Waals surface area (Å²) in [7, 11) is 0. The third-order valence-corrected chi connectivity index (χ3v) is 7.93. The van der Waals surface area contributed by atoms with Crippen molar-refractivity contribution in [2.45, 2.75) is 37.5 Å². The van der Waals surface area contributed by atoms with Gasteiger partial charge in [0.25, 0.3) is 0 Å². The SMILES string of the molecule is Cc1cc(Cl)cc2c1NC(=O)[C@@]21[C@@H]2C(=O)N(c3ccccc3C(F)(F)F)C(=O)[C@@H]2[C@@H]2CCCN21. The number of para-hydroxylation sites is 1. The number of nitrogens with zero attached hydrogens (tertiary/aromatic N) is 2. The van der Waals surface area contributed by atoms with Crippen molar-refractivity contribution >= 4 is 40.7 Å². The molecule has 6 rings (SSSR count). The quantitative estimate of drug-likeness (QED) is 0.612. The van der Waals surface area contributed by atoms with Crippen molar-refractivity contribution < 1.29 is 27.6 Å². The number of halogens is 4.